The number of rotatable bonds is 3. The van der Waals surface area contributed by atoms with Crippen molar-refractivity contribution in [1.82, 2.24) is 14.5 Å². The minimum absolute atomic E-state index is 0.0489. The summed E-state index contributed by atoms with van der Waals surface area (Å²) >= 11 is 0. The minimum atomic E-state index is -0.781. The molecule has 1 N–H and O–H groups in total. The molecule has 0 aliphatic carbocycles. The summed E-state index contributed by atoms with van der Waals surface area (Å²) < 4.78 is 7.95. The van der Waals surface area contributed by atoms with E-state index in [2.05, 4.69) is 4.98 Å². The monoisotopic (exact) mass is 355 g/mol. The highest BCUT2D eigenvalue weighted by Gasteiger charge is 2.32. The number of amides is 1. The van der Waals surface area contributed by atoms with Gasteiger partial charge < -0.3 is 19.3 Å². The fraction of sp³-hybridized carbons (Fsp3) is 0.421. The van der Waals surface area contributed by atoms with Crippen LogP contribution in [0.3, 0.4) is 0 Å². The number of fused-ring (bicyclic) bond motifs is 1. The average Bonchev–Trinajstić information content (AvgIpc) is 3.11. The number of carboxylic acids is 1. The van der Waals surface area contributed by atoms with Crippen molar-refractivity contribution in [3.05, 3.63) is 53.6 Å². The smallest absolute Gasteiger partial charge is 0.306 e. The van der Waals surface area contributed by atoms with Gasteiger partial charge in [-0.15, -0.1) is 0 Å². The van der Waals surface area contributed by atoms with Gasteiger partial charge >= 0.3 is 5.97 Å². The molecule has 1 unspecified atom stereocenters. The van der Waals surface area contributed by atoms with Gasteiger partial charge in [0.25, 0.3) is 5.91 Å². The van der Waals surface area contributed by atoms with Crippen molar-refractivity contribution in [3.63, 3.8) is 0 Å². The van der Waals surface area contributed by atoms with E-state index in [-0.39, 0.29) is 17.9 Å². The van der Waals surface area contributed by atoms with E-state index in [1.807, 2.05) is 34.9 Å². The molecule has 0 bridgehead atoms. The van der Waals surface area contributed by atoms with Gasteiger partial charge in [-0.2, -0.15) is 0 Å². The topological polar surface area (TPSA) is 84.7 Å². The highest BCUT2D eigenvalue weighted by Crippen LogP contribution is 2.28. The molecule has 2 aliphatic rings. The molecule has 1 amide bonds. The number of carbonyl (C=O) groups is 2. The Labute approximate surface area is 151 Å². The zero-order valence-electron chi connectivity index (χ0n) is 14.4. The second-order valence-corrected chi connectivity index (χ2v) is 6.81. The van der Waals surface area contributed by atoms with E-state index in [0.717, 1.165) is 11.3 Å². The molecule has 3 heterocycles. The maximum atomic E-state index is 12.8. The van der Waals surface area contributed by atoms with E-state index in [4.69, 9.17) is 9.84 Å². The molecular weight excluding hydrogens is 334 g/mol. The highest BCUT2D eigenvalue weighted by molar-refractivity contribution is 5.93. The van der Waals surface area contributed by atoms with E-state index in [9.17, 15) is 9.59 Å². The standard InChI is InChI=1S/C19H21N3O4/c23-18(21-8-6-14(7-9-21)19(24)25)17-15-11-26-16(10-22(15)12-20-17)13-4-2-1-3-5-13/h1-5,12,14,16H,6-11H2,(H,24,25). The van der Waals surface area contributed by atoms with Crippen LogP contribution < -0.4 is 0 Å². The van der Waals surface area contributed by atoms with Crippen molar-refractivity contribution in [2.24, 2.45) is 5.92 Å². The number of hydrogen-bond donors (Lipinski definition) is 1. The number of nitrogens with zero attached hydrogens (tertiary/aromatic N) is 3. The number of ether oxygens (including phenoxy) is 1. The number of piperidine rings is 1. The maximum absolute atomic E-state index is 12.8. The lowest BCUT2D eigenvalue weighted by atomic mass is 9.97. The van der Waals surface area contributed by atoms with Crippen LogP contribution in [0.4, 0.5) is 0 Å². The Balaban J connectivity index is 1.46. The van der Waals surface area contributed by atoms with Crippen LogP contribution in [0.25, 0.3) is 0 Å². The Morgan fingerprint density at radius 2 is 1.88 bits per heavy atom. The van der Waals surface area contributed by atoms with E-state index >= 15 is 0 Å². The zero-order chi connectivity index (χ0) is 18.1. The van der Waals surface area contributed by atoms with Crippen LogP contribution in [-0.2, 0) is 22.7 Å². The van der Waals surface area contributed by atoms with Gasteiger partial charge in [-0.25, -0.2) is 4.98 Å². The minimum Gasteiger partial charge on any atom is -0.481 e. The van der Waals surface area contributed by atoms with Gasteiger partial charge in [0.1, 0.15) is 6.10 Å². The predicted octanol–water partition coefficient (Wildman–Crippen LogP) is 2.09. The van der Waals surface area contributed by atoms with Gasteiger partial charge in [0, 0.05) is 13.1 Å². The Hall–Kier alpha value is -2.67. The van der Waals surface area contributed by atoms with Crippen molar-refractivity contribution in [3.8, 4) is 0 Å². The second-order valence-electron chi connectivity index (χ2n) is 6.81. The van der Waals surface area contributed by atoms with Gasteiger partial charge in [-0.1, -0.05) is 30.3 Å². The molecule has 136 valence electrons. The fourth-order valence-corrected chi connectivity index (χ4v) is 3.65. The molecule has 1 atom stereocenters. The van der Waals surface area contributed by atoms with Gasteiger partial charge in [-0.3, -0.25) is 9.59 Å². The first-order valence-corrected chi connectivity index (χ1v) is 8.86. The number of aromatic nitrogens is 2. The van der Waals surface area contributed by atoms with Crippen LogP contribution in [0, 0.1) is 5.92 Å². The van der Waals surface area contributed by atoms with Crippen LogP contribution >= 0.6 is 0 Å². The van der Waals surface area contributed by atoms with Gasteiger partial charge in [0.05, 0.1) is 31.1 Å². The molecule has 1 aromatic heterocycles. The molecule has 7 heteroatoms. The van der Waals surface area contributed by atoms with Crippen molar-refractivity contribution in [1.29, 1.82) is 0 Å². The lowest BCUT2D eigenvalue weighted by molar-refractivity contribution is -0.143. The number of hydrogen-bond acceptors (Lipinski definition) is 4. The van der Waals surface area contributed by atoms with E-state index in [1.165, 1.54) is 0 Å². The summed E-state index contributed by atoms with van der Waals surface area (Å²) in [4.78, 5) is 29.9. The van der Waals surface area contributed by atoms with E-state index in [0.29, 0.717) is 44.8 Å². The quantitative estimate of drug-likeness (QED) is 0.911. The molecule has 1 fully saturated rings. The van der Waals surface area contributed by atoms with Gasteiger partial charge in [0.2, 0.25) is 0 Å². The number of carbonyl (C=O) groups excluding carboxylic acids is 1. The summed E-state index contributed by atoms with van der Waals surface area (Å²) in [6.45, 7) is 1.87. The molecule has 0 spiro atoms. The Kier molecular flexibility index (Phi) is 4.46. The summed E-state index contributed by atoms with van der Waals surface area (Å²) in [7, 11) is 0. The molecular formula is C19H21N3O4. The highest BCUT2D eigenvalue weighted by atomic mass is 16.5. The Morgan fingerprint density at radius 3 is 2.58 bits per heavy atom. The van der Waals surface area contributed by atoms with Crippen LogP contribution in [0.1, 0.15) is 40.7 Å². The SMILES string of the molecule is O=C(O)C1CCN(C(=O)c2ncn3c2COC(c2ccccc2)C3)CC1. The van der Waals surface area contributed by atoms with E-state index in [1.54, 1.807) is 11.2 Å². The molecule has 0 saturated carbocycles. The Morgan fingerprint density at radius 1 is 1.15 bits per heavy atom. The lowest BCUT2D eigenvalue weighted by Gasteiger charge is -2.30. The number of aliphatic carboxylic acids is 1. The van der Waals surface area contributed by atoms with Crippen molar-refractivity contribution >= 4 is 11.9 Å². The zero-order valence-corrected chi connectivity index (χ0v) is 14.4. The molecule has 2 aliphatic heterocycles. The van der Waals surface area contributed by atoms with Crippen LogP contribution in [0.2, 0.25) is 0 Å². The van der Waals surface area contributed by atoms with Crippen molar-refractivity contribution in [2.75, 3.05) is 13.1 Å². The molecule has 7 nitrogen and oxygen atoms in total. The summed E-state index contributed by atoms with van der Waals surface area (Å²) in [5.74, 6) is -1.27. The third-order valence-electron chi connectivity index (χ3n) is 5.24. The third kappa shape index (κ3) is 3.10. The molecule has 1 saturated heterocycles. The molecule has 1 aromatic carbocycles. The normalized spacial score (nSPS) is 20.6. The number of imidazole rings is 1. The van der Waals surface area contributed by atoms with Crippen molar-refractivity contribution < 1.29 is 19.4 Å². The maximum Gasteiger partial charge on any atom is 0.306 e. The first kappa shape index (κ1) is 16.8. The molecule has 2 aromatic rings. The number of likely N-dealkylation sites (tertiary alicyclic amines) is 1. The average molecular weight is 355 g/mol. The van der Waals surface area contributed by atoms with Gasteiger partial charge in [0.15, 0.2) is 5.69 Å². The number of benzene rings is 1. The summed E-state index contributed by atoms with van der Waals surface area (Å²) in [6, 6.07) is 10.0. The van der Waals surface area contributed by atoms with Crippen LogP contribution in [-0.4, -0.2) is 44.5 Å². The largest absolute Gasteiger partial charge is 0.481 e. The van der Waals surface area contributed by atoms with Gasteiger partial charge in [-0.05, 0) is 18.4 Å². The molecule has 26 heavy (non-hydrogen) atoms. The fourth-order valence-electron chi connectivity index (χ4n) is 3.65. The predicted molar refractivity (Wildman–Crippen MR) is 92.5 cm³/mol. The number of carboxylic acid groups (broad SMARTS) is 1. The molecule has 4 rings (SSSR count). The first-order valence-electron chi connectivity index (χ1n) is 8.86. The van der Waals surface area contributed by atoms with Crippen LogP contribution in [0.15, 0.2) is 36.7 Å². The van der Waals surface area contributed by atoms with Crippen molar-refractivity contribution in [2.45, 2.75) is 32.1 Å². The summed E-state index contributed by atoms with van der Waals surface area (Å²) in [5.41, 5.74) is 2.32. The third-order valence-corrected chi connectivity index (χ3v) is 5.24. The molecule has 0 radical (unpaired) electrons. The Bertz CT molecular complexity index is 809. The first-order chi connectivity index (χ1) is 12.6. The summed E-state index contributed by atoms with van der Waals surface area (Å²) in [6.07, 6.45) is 2.63. The van der Waals surface area contributed by atoms with Crippen LogP contribution in [0.5, 0.6) is 0 Å². The lowest BCUT2D eigenvalue weighted by Crippen LogP contribution is -2.41. The van der Waals surface area contributed by atoms with E-state index < -0.39 is 5.97 Å². The summed E-state index contributed by atoms with van der Waals surface area (Å²) in [5, 5.41) is 9.09. The second kappa shape index (κ2) is 6.92.